The predicted octanol–water partition coefficient (Wildman–Crippen LogP) is 4.11. The first-order valence-electron chi connectivity index (χ1n) is 5.85. The first-order chi connectivity index (χ1) is 9.13. The van der Waals surface area contributed by atoms with Crippen LogP contribution in [0.3, 0.4) is 0 Å². The summed E-state index contributed by atoms with van der Waals surface area (Å²) in [6.45, 7) is 1.98. The lowest BCUT2D eigenvalue weighted by Gasteiger charge is -2.09. The Morgan fingerprint density at radius 3 is 2.42 bits per heavy atom. The minimum atomic E-state index is 0.506. The Morgan fingerprint density at radius 2 is 1.84 bits per heavy atom. The van der Waals surface area contributed by atoms with E-state index in [-0.39, 0.29) is 0 Å². The molecule has 2 aromatic carbocycles. The van der Waals surface area contributed by atoms with Crippen LogP contribution in [-0.2, 0) is 0 Å². The number of hydrogen-bond donors (Lipinski definition) is 1. The largest absolute Gasteiger partial charge is 0.397 e. The van der Waals surface area contributed by atoms with Crippen molar-refractivity contribution in [2.24, 2.45) is 5.73 Å². The molecule has 19 heavy (non-hydrogen) atoms. The van der Waals surface area contributed by atoms with Crippen molar-refractivity contribution in [3.8, 4) is 6.07 Å². The van der Waals surface area contributed by atoms with Gasteiger partial charge in [-0.1, -0.05) is 52.3 Å². The van der Waals surface area contributed by atoms with Gasteiger partial charge in [-0.2, -0.15) is 5.26 Å². The predicted molar refractivity (Wildman–Crippen MR) is 81.9 cm³/mol. The molecule has 0 aromatic heterocycles. The van der Waals surface area contributed by atoms with Crippen LogP contribution >= 0.6 is 15.9 Å². The van der Waals surface area contributed by atoms with E-state index in [0.717, 1.165) is 21.2 Å². The minimum absolute atomic E-state index is 0.506. The number of allylic oxidation sites excluding steroid dienone is 1. The number of nitrogens with two attached hydrogens (primary N) is 1. The molecule has 3 heteroatoms. The number of hydrogen-bond acceptors (Lipinski definition) is 2. The highest BCUT2D eigenvalue weighted by Gasteiger charge is 2.10. The van der Waals surface area contributed by atoms with E-state index in [1.54, 1.807) is 0 Å². The van der Waals surface area contributed by atoms with Crippen LogP contribution in [-0.4, -0.2) is 0 Å². The van der Waals surface area contributed by atoms with Gasteiger partial charge in [-0.25, -0.2) is 0 Å². The molecule has 0 heterocycles. The maximum Gasteiger partial charge on any atom is 0.102 e. The van der Waals surface area contributed by atoms with Crippen LogP contribution in [0.4, 0.5) is 0 Å². The zero-order valence-corrected chi connectivity index (χ0v) is 12.1. The number of nitrogens with zero attached hydrogens (tertiary/aromatic N) is 1. The van der Waals surface area contributed by atoms with Gasteiger partial charge in [0, 0.05) is 10.0 Å². The fourth-order valence-corrected chi connectivity index (χ4v) is 2.42. The average molecular weight is 313 g/mol. The van der Waals surface area contributed by atoms with Gasteiger partial charge in [-0.3, -0.25) is 0 Å². The number of halogens is 1. The second-order valence-electron chi connectivity index (χ2n) is 4.23. The van der Waals surface area contributed by atoms with Crippen molar-refractivity contribution in [3.05, 3.63) is 69.7 Å². The van der Waals surface area contributed by atoms with Gasteiger partial charge in [0.25, 0.3) is 0 Å². The van der Waals surface area contributed by atoms with Crippen molar-refractivity contribution in [2.75, 3.05) is 0 Å². The van der Waals surface area contributed by atoms with Crippen molar-refractivity contribution in [3.63, 3.8) is 0 Å². The van der Waals surface area contributed by atoms with Crippen molar-refractivity contribution in [2.45, 2.75) is 6.92 Å². The Morgan fingerprint density at radius 1 is 1.16 bits per heavy atom. The van der Waals surface area contributed by atoms with E-state index in [1.165, 1.54) is 0 Å². The summed E-state index contributed by atoms with van der Waals surface area (Å²) in [4.78, 5) is 0. The van der Waals surface area contributed by atoms with Crippen LogP contribution in [0.15, 0.2) is 53.0 Å². The van der Waals surface area contributed by atoms with Crippen molar-refractivity contribution >= 4 is 27.2 Å². The van der Waals surface area contributed by atoms with Gasteiger partial charge in [0.2, 0.25) is 0 Å². The summed E-state index contributed by atoms with van der Waals surface area (Å²) in [6.07, 6.45) is 0. The molecule has 0 bridgehead atoms. The lowest BCUT2D eigenvalue weighted by molar-refractivity contribution is 1.38. The summed E-state index contributed by atoms with van der Waals surface area (Å²) in [5.74, 6) is 0. The van der Waals surface area contributed by atoms with Gasteiger partial charge in [-0.15, -0.1) is 0 Å². The van der Waals surface area contributed by atoms with Crippen molar-refractivity contribution in [1.29, 1.82) is 5.26 Å². The van der Waals surface area contributed by atoms with Crippen LogP contribution < -0.4 is 5.73 Å². The third kappa shape index (κ3) is 2.86. The van der Waals surface area contributed by atoms with Gasteiger partial charge in [0.05, 0.1) is 11.3 Å². The molecule has 0 fully saturated rings. The first-order valence-corrected chi connectivity index (χ1v) is 6.64. The molecule has 0 saturated heterocycles. The molecule has 2 N–H and O–H groups in total. The molecule has 0 aliphatic heterocycles. The molecular formula is C16H13BrN2. The summed E-state index contributed by atoms with van der Waals surface area (Å²) in [5, 5.41) is 9.36. The smallest absolute Gasteiger partial charge is 0.102 e. The standard InChI is InChI=1S/C16H13BrN2/c1-11-9-13(17)7-8-14(11)16(19)15(10-18)12-5-3-2-4-6-12/h2-9H,19H2,1H3/b16-15+. The Bertz CT molecular complexity index is 667. The number of aryl methyl sites for hydroxylation is 1. The van der Waals surface area contributed by atoms with Gasteiger partial charge >= 0.3 is 0 Å². The second-order valence-corrected chi connectivity index (χ2v) is 5.14. The molecule has 94 valence electrons. The van der Waals surface area contributed by atoms with Crippen molar-refractivity contribution < 1.29 is 0 Å². The topological polar surface area (TPSA) is 49.8 Å². The maximum atomic E-state index is 9.36. The van der Waals surface area contributed by atoms with Crippen LogP contribution in [0, 0.1) is 18.3 Å². The van der Waals surface area contributed by atoms with E-state index in [9.17, 15) is 5.26 Å². The Kier molecular flexibility index (Phi) is 4.03. The van der Waals surface area contributed by atoms with Gasteiger partial charge in [-0.05, 0) is 30.2 Å². The first kappa shape index (κ1) is 13.4. The van der Waals surface area contributed by atoms with E-state index in [1.807, 2.05) is 55.5 Å². The van der Waals surface area contributed by atoms with Gasteiger partial charge in [0.15, 0.2) is 0 Å². The Labute approximate surface area is 121 Å². The SMILES string of the molecule is Cc1cc(Br)ccc1/C(N)=C(/C#N)c1ccccc1. The van der Waals surface area contributed by atoms with E-state index in [0.29, 0.717) is 11.3 Å². The second kappa shape index (κ2) is 5.73. The average Bonchev–Trinajstić information content (AvgIpc) is 2.40. The molecule has 0 aliphatic carbocycles. The number of nitriles is 1. The third-order valence-electron chi connectivity index (χ3n) is 2.92. The highest BCUT2D eigenvalue weighted by Crippen LogP contribution is 2.26. The highest BCUT2D eigenvalue weighted by atomic mass is 79.9. The summed E-state index contributed by atoms with van der Waals surface area (Å²) in [6, 6.07) is 17.5. The number of rotatable bonds is 2. The van der Waals surface area contributed by atoms with Crippen LogP contribution in [0.1, 0.15) is 16.7 Å². The quantitative estimate of drug-likeness (QED) is 0.670. The normalized spacial score (nSPS) is 11.6. The zero-order valence-electron chi connectivity index (χ0n) is 10.5. The van der Waals surface area contributed by atoms with Crippen LogP contribution in [0.2, 0.25) is 0 Å². The highest BCUT2D eigenvalue weighted by molar-refractivity contribution is 9.10. The zero-order chi connectivity index (χ0) is 13.8. The molecule has 0 spiro atoms. The minimum Gasteiger partial charge on any atom is -0.397 e. The molecule has 2 nitrogen and oxygen atoms in total. The van der Waals surface area contributed by atoms with E-state index < -0.39 is 0 Å². The fourth-order valence-electron chi connectivity index (χ4n) is 1.95. The maximum absolute atomic E-state index is 9.36. The Hall–Kier alpha value is -2.05. The summed E-state index contributed by atoms with van der Waals surface area (Å²) < 4.78 is 1.000. The molecule has 2 aromatic rings. The molecule has 0 saturated carbocycles. The summed E-state index contributed by atoms with van der Waals surface area (Å²) in [5.41, 5.74) is 9.96. The van der Waals surface area contributed by atoms with Gasteiger partial charge < -0.3 is 5.73 Å². The van der Waals surface area contributed by atoms with E-state index in [4.69, 9.17) is 5.73 Å². The lowest BCUT2D eigenvalue weighted by Crippen LogP contribution is -2.02. The Balaban J connectivity index is 2.59. The van der Waals surface area contributed by atoms with Crippen LogP contribution in [0.5, 0.6) is 0 Å². The molecule has 0 radical (unpaired) electrons. The molecule has 0 unspecified atom stereocenters. The molecular weight excluding hydrogens is 300 g/mol. The third-order valence-corrected chi connectivity index (χ3v) is 3.42. The van der Waals surface area contributed by atoms with Gasteiger partial charge in [0.1, 0.15) is 6.07 Å². The van der Waals surface area contributed by atoms with E-state index in [2.05, 4.69) is 22.0 Å². The van der Waals surface area contributed by atoms with E-state index >= 15 is 0 Å². The summed E-state index contributed by atoms with van der Waals surface area (Å²) in [7, 11) is 0. The van der Waals surface area contributed by atoms with Crippen molar-refractivity contribution in [1.82, 2.24) is 0 Å². The fraction of sp³-hybridized carbons (Fsp3) is 0.0625. The number of benzene rings is 2. The molecule has 0 amide bonds. The molecule has 2 rings (SSSR count). The summed E-state index contributed by atoms with van der Waals surface area (Å²) >= 11 is 3.42. The monoisotopic (exact) mass is 312 g/mol. The molecule has 0 atom stereocenters. The van der Waals surface area contributed by atoms with Crippen LogP contribution in [0.25, 0.3) is 11.3 Å². The lowest BCUT2D eigenvalue weighted by atomic mass is 9.98. The molecule has 0 aliphatic rings.